The lowest BCUT2D eigenvalue weighted by Crippen LogP contribution is -2.30. The summed E-state index contributed by atoms with van der Waals surface area (Å²) < 4.78 is 32.8. The van der Waals surface area contributed by atoms with Crippen molar-refractivity contribution in [1.29, 1.82) is 0 Å². The topological polar surface area (TPSA) is 90.5 Å². The Bertz CT molecular complexity index is 499. The summed E-state index contributed by atoms with van der Waals surface area (Å²) in [5, 5.41) is 4.03. The van der Waals surface area contributed by atoms with Crippen LogP contribution in [-0.2, 0) is 21.3 Å². The molecule has 20 heavy (non-hydrogen) atoms. The van der Waals surface area contributed by atoms with Crippen LogP contribution in [0.3, 0.4) is 0 Å². The van der Waals surface area contributed by atoms with Crippen LogP contribution in [0.4, 0.5) is 0 Å². The number of nitrogens with two attached hydrogens (primary N) is 1. The second kappa shape index (κ2) is 7.72. The molecule has 1 aromatic heterocycles. The monoisotopic (exact) mass is 304 g/mol. The van der Waals surface area contributed by atoms with Crippen LogP contribution in [0.1, 0.15) is 20.3 Å². The fourth-order valence-corrected chi connectivity index (χ4v) is 2.68. The third kappa shape index (κ3) is 4.86. The Hall–Kier alpha value is -0.960. The van der Waals surface area contributed by atoms with Gasteiger partial charge in [0.2, 0.25) is 10.0 Å². The van der Waals surface area contributed by atoms with E-state index < -0.39 is 10.0 Å². The maximum Gasteiger partial charge on any atom is 0.246 e. The fourth-order valence-electron chi connectivity index (χ4n) is 1.57. The van der Waals surface area contributed by atoms with E-state index in [1.165, 1.54) is 23.7 Å². The molecule has 0 unspecified atom stereocenters. The number of hydrogen-bond donors (Lipinski definition) is 1. The van der Waals surface area contributed by atoms with Gasteiger partial charge in [0.25, 0.3) is 0 Å². The quantitative estimate of drug-likeness (QED) is 0.707. The Labute approximate surface area is 120 Å². The van der Waals surface area contributed by atoms with Gasteiger partial charge in [-0.2, -0.15) is 9.40 Å². The predicted molar refractivity (Wildman–Crippen MR) is 76.8 cm³/mol. The Morgan fingerprint density at radius 2 is 2.20 bits per heavy atom. The first-order chi connectivity index (χ1) is 9.37. The van der Waals surface area contributed by atoms with E-state index in [9.17, 15) is 8.42 Å². The second-order valence-corrected chi connectivity index (χ2v) is 6.87. The summed E-state index contributed by atoms with van der Waals surface area (Å²) in [6.07, 6.45) is 3.75. The van der Waals surface area contributed by atoms with Crippen molar-refractivity contribution in [2.24, 2.45) is 5.73 Å². The first-order valence-electron chi connectivity index (χ1n) is 6.68. The van der Waals surface area contributed by atoms with Gasteiger partial charge in [-0.25, -0.2) is 8.42 Å². The zero-order valence-electron chi connectivity index (χ0n) is 12.3. The summed E-state index contributed by atoms with van der Waals surface area (Å²) in [5.74, 6) is 0. The van der Waals surface area contributed by atoms with Crippen molar-refractivity contribution in [2.75, 3.05) is 26.7 Å². The molecule has 0 radical (unpaired) electrons. The van der Waals surface area contributed by atoms with E-state index in [0.29, 0.717) is 26.2 Å². The van der Waals surface area contributed by atoms with Gasteiger partial charge in [-0.3, -0.25) is 4.68 Å². The first kappa shape index (κ1) is 17.1. The van der Waals surface area contributed by atoms with Gasteiger partial charge in [-0.1, -0.05) is 0 Å². The van der Waals surface area contributed by atoms with Crippen LogP contribution in [0.5, 0.6) is 0 Å². The number of aryl methyl sites for hydroxylation is 1. The van der Waals surface area contributed by atoms with Crippen LogP contribution in [-0.4, -0.2) is 55.4 Å². The SMILES string of the molecule is CC(C)OCCN(C)S(=O)(=O)c1cnn(CCCN)c1. The summed E-state index contributed by atoms with van der Waals surface area (Å²) in [7, 11) is -1.96. The van der Waals surface area contributed by atoms with Crippen molar-refractivity contribution in [2.45, 2.75) is 37.8 Å². The first-order valence-corrected chi connectivity index (χ1v) is 8.12. The van der Waals surface area contributed by atoms with Gasteiger partial charge in [0.15, 0.2) is 0 Å². The molecular weight excluding hydrogens is 280 g/mol. The average Bonchev–Trinajstić information content (AvgIpc) is 2.85. The van der Waals surface area contributed by atoms with Gasteiger partial charge in [0.1, 0.15) is 4.90 Å². The highest BCUT2D eigenvalue weighted by Crippen LogP contribution is 2.13. The highest BCUT2D eigenvalue weighted by molar-refractivity contribution is 7.89. The van der Waals surface area contributed by atoms with Crippen molar-refractivity contribution in [3.63, 3.8) is 0 Å². The summed E-state index contributed by atoms with van der Waals surface area (Å²) >= 11 is 0. The standard InChI is InChI=1S/C12H24N4O3S/c1-11(2)19-8-7-15(3)20(17,18)12-9-14-16(10-12)6-4-5-13/h9-11H,4-8,13H2,1-3H3. The summed E-state index contributed by atoms with van der Waals surface area (Å²) in [5.41, 5.74) is 5.41. The number of hydrogen-bond acceptors (Lipinski definition) is 5. The smallest absolute Gasteiger partial charge is 0.246 e. The Balaban J connectivity index is 2.64. The number of sulfonamides is 1. The van der Waals surface area contributed by atoms with E-state index in [1.807, 2.05) is 13.8 Å². The molecule has 1 heterocycles. The van der Waals surface area contributed by atoms with E-state index in [1.54, 1.807) is 4.68 Å². The summed E-state index contributed by atoms with van der Waals surface area (Å²) in [6, 6.07) is 0. The minimum atomic E-state index is -3.50. The fraction of sp³-hybridized carbons (Fsp3) is 0.750. The zero-order valence-corrected chi connectivity index (χ0v) is 13.1. The Morgan fingerprint density at radius 3 is 2.80 bits per heavy atom. The van der Waals surface area contributed by atoms with E-state index in [-0.39, 0.29) is 11.0 Å². The second-order valence-electron chi connectivity index (χ2n) is 4.83. The molecule has 0 aliphatic heterocycles. The molecule has 0 fully saturated rings. The molecular formula is C12H24N4O3S. The van der Waals surface area contributed by atoms with Gasteiger partial charge in [0, 0.05) is 26.3 Å². The molecule has 1 aromatic rings. The van der Waals surface area contributed by atoms with Crippen molar-refractivity contribution in [3.05, 3.63) is 12.4 Å². The summed E-state index contributed by atoms with van der Waals surface area (Å²) in [6.45, 7) is 5.68. The molecule has 8 heteroatoms. The van der Waals surface area contributed by atoms with Crippen LogP contribution in [0.25, 0.3) is 0 Å². The number of aromatic nitrogens is 2. The molecule has 0 aliphatic rings. The molecule has 0 saturated carbocycles. The number of likely N-dealkylation sites (N-methyl/N-ethyl adjacent to an activating group) is 1. The molecule has 1 rings (SSSR count). The predicted octanol–water partition coefficient (Wildman–Crippen LogP) is 0.277. The molecule has 0 bridgehead atoms. The van der Waals surface area contributed by atoms with Crippen LogP contribution in [0.15, 0.2) is 17.3 Å². The van der Waals surface area contributed by atoms with Crippen LogP contribution in [0.2, 0.25) is 0 Å². The molecule has 116 valence electrons. The number of nitrogens with zero attached hydrogens (tertiary/aromatic N) is 3. The normalized spacial score (nSPS) is 12.5. The summed E-state index contributed by atoms with van der Waals surface area (Å²) in [4.78, 5) is 0.196. The van der Waals surface area contributed by atoms with Crippen molar-refractivity contribution in [1.82, 2.24) is 14.1 Å². The molecule has 7 nitrogen and oxygen atoms in total. The van der Waals surface area contributed by atoms with Gasteiger partial charge in [-0.05, 0) is 26.8 Å². The molecule has 0 atom stereocenters. The van der Waals surface area contributed by atoms with Crippen LogP contribution < -0.4 is 5.73 Å². The largest absolute Gasteiger partial charge is 0.377 e. The Morgan fingerprint density at radius 1 is 1.50 bits per heavy atom. The maximum absolute atomic E-state index is 12.3. The minimum absolute atomic E-state index is 0.0881. The molecule has 0 spiro atoms. The Kier molecular flexibility index (Phi) is 6.60. The van der Waals surface area contributed by atoms with Gasteiger partial charge >= 0.3 is 0 Å². The molecule has 0 aromatic carbocycles. The van der Waals surface area contributed by atoms with Crippen molar-refractivity contribution < 1.29 is 13.2 Å². The van der Waals surface area contributed by atoms with E-state index in [0.717, 1.165) is 6.42 Å². The average molecular weight is 304 g/mol. The third-order valence-corrected chi connectivity index (χ3v) is 4.58. The van der Waals surface area contributed by atoms with Crippen LogP contribution >= 0.6 is 0 Å². The maximum atomic E-state index is 12.3. The molecule has 2 N–H and O–H groups in total. The van der Waals surface area contributed by atoms with E-state index in [2.05, 4.69) is 5.10 Å². The zero-order chi connectivity index (χ0) is 15.2. The van der Waals surface area contributed by atoms with Gasteiger partial charge in [-0.15, -0.1) is 0 Å². The molecule has 0 amide bonds. The highest BCUT2D eigenvalue weighted by Gasteiger charge is 2.22. The molecule has 0 aliphatic carbocycles. The highest BCUT2D eigenvalue weighted by atomic mass is 32.2. The van der Waals surface area contributed by atoms with Gasteiger partial charge < -0.3 is 10.5 Å². The number of rotatable bonds is 9. The van der Waals surface area contributed by atoms with Gasteiger partial charge in [0.05, 0.1) is 18.9 Å². The third-order valence-electron chi connectivity index (χ3n) is 2.77. The van der Waals surface area contributed by atoms with Crippen LogP contribution in [0, 0.1) is 0 Å². The molecule has 0 saturated heterocycles. The number of ether oxygens (including phenoxy) is 1. The lowest BCUT2D eigenvalue weighted by atomic mass is 10.4. The van der Waals surface area contributed by atoms with E-state index in [4.69, 9.17) is 10.5 Å². The van der Waals surface area contributed by atoms with Crippen molar-refractivity contribution in [3.8, 4) is 0 Å². The van der Waals surface area contributed by atoms with E-state index >= 15 is 0 Å². The van der Waals surface area contributed by atoms with Crippen molar-refractivity contribution >= 4 is 10.0 Å². The lowest BCUT2D eigenvalue weighted by molar-refractivity contribution is 0.0737. The lowest BCUT2D eigenvalue weighted by Gasteiger charge is -2.16. The minimum Gasteiger partial charge on any atom is -0.377 e.